The zero-order valence-corrected chi connectivity index (χ0v) is 14.4. The molecule has 0 aromatic heterocycles. The van der Waals surface area contributed by atoms with Crippen molar-refractivity contribution in [1.82, 2.24) is 0 Å². The standard InChI is InChI=1S/C19H21NO5/c1-24-17(22)9-13(18(23)25-2)12-7-8-16(21)19(10-12)11-20-15-6-4-3-5-14(15)19/h3-6,11-13H,7-10H2,1-2H3. The lowest BCUT2D eigenvalue weighted by Gasteiger charge is -2.38. The van der Waals surface area contributed by atoms with E-state index in [9.17, 15) is 14.4 Å². The minimum absolute atomic E-state index is 0.0447. The second kappa shape index (κ2) is 6.78. The second-order valence-electron chi connectivity index (χ2n) is 6.58. The number of carbonyl (C=O) groups is 3. The normalized spacial score (nSPS) is 25.5. The van der Waals surface area contributed by atoms with Gasteiger partial charge in [-0.05, 0) is 30.4 Å². The van der Waals surface area contributed by atoms with Gasteiger partial charge in [-0.15, -0.1) is 0 Å². The van der Waals surface area contributed by atoms with Crippen LogP contribution >= 0.6 is 0 Å². The highest BCUT2D eigenvalue weighted by molar-refractivity contribution is 6.10. The first-order chi connectivity index (χ1) is 12.0. The van der Waals surface area contributed by atoms with Crippen LogP contribution in [0, 0.1) is 11.8 Å². The van der Waals surface area contributed by atoms with E-state index >= 15 is 0 Å². The summed E-state index contributed by atoms with van der Waals surface area (Å²) in [6.45, 7) is 0. The number of ether oxygens (including phenoxy) is 2. The number of para-hydroxylation sites is 1. The van der Waals surface area contributed by atoms with Crippen LogP contribution in [0.2, 0.25) is 0 Å². The summed E-state index contributed by atoms with van der Waals surface area (Å²) in [5.74, 6) is -1.56. The zero-order valence-electron chi connectivity index (χ0n) is 14.4. The summed E-state index contributed by atoms with van der Waals surface area (Å²) in [5.41, 5.74) is 0.868. The Morgan fingerprint density at radius 2 is 2.04 bits per heavy atom. The van der Waals surface area contributed by atoms with Gasteiger partial charge in [0.1, 0.15) is 5.78 Å². The van der Waals surface area contributed by atoms with Crippen molar-refractivity contribution >= 4 is 29.6 Å². The highest BCUT2D eigenvalue weighted by Crippen LogP contribution is 2.48. The number of carbonyl (C=O) groups excluding carboxylic acids is 3. The van der Waals surface area contributed by atoms with Crippen LogP contribution in [0.15, 0.2) is 29.3 Å². The Labute approximate surface area is 146 Å². The zero-order chi connectivity index (χ0) is 18.0. The number of hydrogen-bond donors (Lipinski definition) is 0. The molecular weight excluding hydrogens is 322 g/mol. The minimum atomic E-state index is -0.804. The second-order valence-corrected chi connectivity index (χ2v) is 6.58. The summed E-state index contributed by atoms with van der Waals surface area (Å²) < 4.78 is 9.61. The molecule has 25 heavy (non-hydrogen) atoms. The molecule has 2 aliphatic rings. The van der Waals surface area contributed by atoms with Crippen LogP contribution < -0.4 is 0 Å². The van der Waals surface area contributed by atoms with E-state index in [1.165, 1.54) is 14.2 Å². The van der Waals surface area contributed by atoms with Gasteiger partial charge in [-0.3, -0.25) is 19.4 Å². The molecule has 0 radical (unpaired) electrons. The van der Waals surface area contributed by atoms with Crippen LogP contribution in [0.4, 0.5) is 5.69 Å². The van der Waals surface area contributed by atoms with Crippen molar-refractivity contribution in [3.8, 4) is 0 Å². The Morgan fingerprint density at radius 1 is 1.28 bits per heavy atom. The molecule has 1 saturated carbocycles. The first-order valence-corrected chi connectivity index (χ1v) is 8.34. The van der Waals surface area contributed by atoms with Gasteiger partial charge >= 0.3 is 11.9 Å². The van der Waals surface area contributed by atoms with E-state index in [-0.39, 0.29) is 18.1 Å². The van der Waals surface area contributed by atoms with Gasteiger partial charge in [0, 0.05) is 12.6 Å². The lowest BCUT2D eigenvalue weighted by Crippen LogP contribution is -2.45. The van der Waals surface area contributed by atoms with Gasteiger partial charge in [-0.1, -0.05) is 18.2 Å². The van der Waals surface area contributed by atoms with Crippen LogP contribution in [-0.4, -0.2) is 38.2 Å². The van der Waals surface area contributed by atoms with E-state index in [0.717, 1.165) is 11.3 Å². The highest BCUT2D eigenvalue weighted by atomic mass is 16.5. The van der Waals surface area contributed by atoms with Crippen LogP contribution in [0.25, 0.3) is 0 Å². The molecule has 1 heterocycles. The molecule has 3 atom stereocenters. The fourth-order valence-corrected chi connectivity index (χ4v) is 3.97. The highest BCUT2D eigenvalue weighted by Gasteiger charge is 2.49. The minimum Gasteiger partial charge on any atom is -0.469 e. The number of Topliss-reactive ketones (excluding diaryl/α,β-unsaturated/α-hetero) is 1. The SMILES string of the molecule is COC(=O)CC(C(=O)OC)C1CCC(=O)C2(C=Nc3ccccc32)C1. The first-order valence-electron chi connectivity index (χ1n) is 8.34. The third-order valence-electron chi connectivity index (χ3n) is 5.32. The van der Waals surface area contributed by atoms with E-state index in [4.69, 9.17) is 9.47 Å². The Balaban J connectivity index is 1.92. The van der Waals surface area contributed by atoms with Crippen molar-refractivity contribution in [3.05, 3.63) is 29.8 Å². The molecule has 1 aromatic carbocycles. The average molecular weight is 343 g/mol. The number of nitrogens with zero attached hydrogens (tertiary/aromatic N) is 1. The Hall–Kier alpha value is -2.50. The molecule has 1 aliphatic heterocycles. The van der Waals surface area contributed by atoms with Gasteiger partial charge < -0.3 is 9.47 Å². The fourth-order valence-electron chi connectivity index (χ4n) is 3.97. The summed E-state index contributed by atoms with van der Waals surface area (Å²) >= 11 is 0. The quantitative estimate of drug-likeness (QED) is 0.784. The van der Waals surface area contributed by atoms with Crippen molar-refractivity contribution in [3.63, 3.8) is 0 Å². The predicted octanol–water partition coefficient (Wildman–Crippen LogP) is 2.36. The topological polar surface area (TPSA) is 82.0 Å². The van der Waals surface area contributed by atoms with Gasteiger partial charge in [0.2, 0.25) is 0 Å². The van der Waals surface area contributed by atoms with E-state index in [2.05, 4.69) is 4.99 Å². The number of ketones is 1. The molecule has 0 bridgehead atoms. The lowest BCUT2D eigenvalue weighted by molar-refractivity contribution is -0.155. The monoisotopic (exact) mass is 343 g/mol. The van der Waals surface area contributed by atoms with E-state index in [1.807, 2.05) is 24.3 Å². The number of benzene rings is 1. The molecule has 6 heteroatoms. The van der Waals surface area contributed by atoms with Gasteiger partial charge in [-0.2, -0.15) is 0 Å². The maximum absolute atomic E-state index is 12.8. The summed E-state index contributed by atoms with van der Waals surface area (Å²) in [5, 5.41) is 0. The van der Waals surface area contributed by atoms with Crippen LogP contribution in [0.3, 0.4) is 0 Å². The van der Waals surface area contributed by atoms with Crippen molar-refractivity contribution in [2.45, 2.75) is 31.1 Å². The summed E-state index contributed by atoms with van der Waals surface area (Å²) in [7, 11) is 2.60. The Bertz CT molecular complexity index is 741. The lowest BCUT2D eigenvalue weighted by atomic mass is 9.63. The molecule has 1 spiro atoms. The maximum atomic E-state index is 12.8. The van der Waals surface area contributed by atoms with Crippen molar-refractivity contribution < 1.29 is 23.9 Å². The number of methoxy groups -OCH3 is 2. The third-order valence-corrected chi connectivity index (χ3v) is 5.32. The molecule has 1 fully saturated rings. The van der Waals surface area contributed by atoms with Crippen molar-refractivity contribution in [1.29, 1.82) is 0 Å². The van der Waals surface area contributed by atoms with Gasteiger partial charge in [0.25, 0.3) is 0 Å². The van der Waals surface area contributed by atoms with Gasteiger partial charge in [0.15, 0.2) is 0 Å². The van der Waals surface area contributed by atoms with E-state index in [1.54, 1.807) is 6.21 Å². The third kappa shape index (κ3) is 2.97. The van der Waals surface area contributed by atoms with Crippen molar-refractivity contribution in [2.75, 3.05) is 14.2 Å². The molecule has 3 unspecified atom stereocenters. The predicted molar refractivity (Wildman–Crippen MR) is 90.8 cm³/mol. The summed E-state index contributed by atoms with van der Waals surface area (Å²) in [6, 6.07) is 7.56. The summed E-state index contributed by atoms with van der Waals surface area (Å²) in [4.78, 5) is 41.2. The average Bonchev–Trinajstić information content (AvgIpc) is 3.01. The van der Waals surface area contributed by atoms with Crippen LogP contribution in [0.1, 0.15) is 31.2 Å². The summed E-state index contributed by atoms with van der Waals surface area (Å²) in [6.07, 6.45) is 3.01. The molecule has 1 aliphatic carbocycles. The molecular formula is C19H21NO5. The smallest absolute Gasteiger partial charge is 0.309 e. The number of aliphatic imine (C=N–C) groups is 1. The molecule has 132 valence electrons. The number of rotatable bonds is 4. The number of esters is 2. The van der Waals surface area contributed by atoms with Crippen LogP contribution in [-0.2, 0) is 29.3 Å². The molecule has 0 N–H and O–H groups in total. The van der Waals surface area contributed by atoms with Crippen LogP contribution in [0.5, 0.6) is 0 Å². The fraction of sp³-hybridized carbons (Fsp3) is 0.474. The van der Waals surface area contributed by atoms with E-state index < -0.39 is 23.3 Å². The molecule has 6 nitrogen and oxygen atoms in total. The van der Waals surface area contributed by atoms with Gasteiger partial charge in [0.05, 0.1) is 37.7 Å². The first kappa shape index (κ1) is 17.3. The Kier molecular flexibility index (Phi) is 4.70. The molecule has 0 amide bonds. The largest absolute Gasteiger partial charge is 0.469 e. The molecule has 0 saturated heterocycles. The Morgan fingerprint density at radius 3 is 2.76 bits per heavy atom. The van der Waals surface area contributed by atoms with Crippen molar-refractivity contribution in [2.24, 2.45) is 16.8 Å². The number of hydrogen-bond acceptors (Lipinski definition) is 6. The molecule has 1 aromatic rings. The molecule has 3 rings (SSSR count). The van der Waals surface area contributed by atoms with E-state index in [0.29, 0.717) is 19.3 Å². The number of fused-ring (bicyclic) bond motifs is 2. The van der Waals surface area contributed by atoms with Gasteiger partial charge in [-0.25, -0.2) is 0 Å². The maximum Gasteiger partial charge on any atom is 0.309 e.